The summed E-state index contributed by atoms with van der Waals surface area (Å²) < 4.78 is 0. The SMILES string of the molecule is BrC1CCCCCCCN1. The second kappa shape index (κ2) is 5.14. The van der Waals surface area contributed by atoms with Crippen LogP contribution in [0.3, 0.4) is 0 Å². The van der Waals surface area contributed by atoms with Crippen molar-refractivity contribution >= 4 is 15.9 Å². The third kappa shape index (κ3) is 3.57. The van der Waals surface area contributed by atoms with Crippen LogP contribution in [0.2, 0.25) is 0 Å². The van der Waals surface area contributed by atoms with Crippen molar-refractivity contribution in [2.24, 2.45) is 0 Å². The molecule has 1 aliphatic rings. The molecule has 1 nitrogen and oxygen atoms in total. The Morgan fingerprint density at radius 3 is 2.60 bits per heavy atom. The molecule has 1 atom stereocenters. The van der Waals surface area contributed by atoms with Crippen LogP contribution in [0.25, 0.3) is 0 Å². The lowest BCUT2D eigenvalue weighted by Crippen LogP contribution is -2.23. The summed E-state index contributed by atoms with van der Waals surface area (Å²) in [6.07, 6.45) is 8.28. The molecular formula is C8H16BrN. The highest BCUT2D eigenvalue weighted by atomic mass is 79.9. The number of halogens is 1. The van der Waals surface area contributed by atoms with Crippen molar-refractivity contribution in [3.8, 4) is 0 Å². The van der Waals surface area contributed by atoms with Crippen LogP contribution in [-0.4, -0.2) is 11.5 Å². The minimum absolute atomic E-state index is 0.575. The van der Waals surface area contributed by atoms with E-state index >= 15 is 0 Å². The summed E-state index contributed by atoms with van der Waals surface area (Å²) in [5, 5.41) is 3.44. The highest BCUT2D eigenvalue weighted by molar-refractivity contribution is 9.09. The molecule has 60 valence electrons. The first-order valence-electron chi connectivity index (χ1n) is 4.27. The fourth-order valence-electron chi connectivity index (χ4n) is 1.34. The Balaban J connectivity index is 2.15. The van der Waals surface area contributed by atoms with Gasteiger partial charge in [-0.3, -0.25) is 0 Å². The first-order valence-corrected chi connectivity index (χ1v) is 5.18. The molecule has 0 spiro atoms. The van der Waals surface area contributed by atoms with Crippen LogP contribution in [0, 0.1) is 0 Å². The molecule has 1 unspecified atom stereocenters. The fourth-order valence-corrected chi connectivity index (χ4v) is 1.89. The molecule has 0 saturated carbocycles. The summed E-state index contributed by atoms with van der Waals surface area (Å²) in [7, 11) is 0. The number of rotatable bonds is 0. The van der Waals surface area contributed by atoms with Crippen molar-refractivity contribution in [3.63, 3.8) is 0 Å². The summed E-state index contributed by atoms with van der Waals surface area (Å²) in [5.74, 6) is 0. The van der Waals surface area contributed by atoms with Gasteiger partial charge in [0.25, 0.3) is 0 Å². The predicted molar refractivity (Wildman–Crippen MR) is 48.4 cm³/mol. The summed E-state index contributed by atoms with van der Waals surface area (Å²) >= 11 is 3.60. The minimum atomic E-state index is 0.575. The molecule has 0 radical (unpaired) electrons. The van der Waals surface area contributed by atoms with Gasteiger partial charge in [0.2, 0.25) is 0 Å². The molecule has 1 aliphatic heterocycles. The number of nitrogens with one attached hydrogen (secondary N) is 1. The van der Waals surface area contributed by atoms with E-state index in [-0.39, 0.29) is 0 Å². The van der Waals surface area contributed by atoms with E-state index in [0.29, 0.717) is 4.95 Å². The molecule has 10 heavy (non-hydrogen) atoms. The molecule has 0 aromatic rings. The van der Waals surface area contributed by atoms with Gasteiger partial charge in [0.15, 0.2) is 0 Å². The molecule has 0 aromatic carbocycles. The molecule has 0 aliphatic carbocycles. The first-order chi connectivity index (χ1) is 4.89. The Morgan fingerprint density at radius 2 is 1.70 bits per heavy atom. The van der Waals surface area contributed by atoms with Crippen molar-refractivity contribution in [2.45, 2.75) is 43.5 Å². The molecule has 1 heterocycles. The average molecular weight is 206 g/mol. The predicted octanol–water partition coefficient (Wildman–Crippen LogP) is 2.65. The standard InChI is InChI=1S/C8H16BrN/c9-8-6-4-2-1-3-5-7-10-8/h8,10H,1-7H2. The van der Waals surface area contributed by atoms with E-state index in [2.05, 4.69) is 21.2 Å². The van der Waals surface area contributed by atoms with E-state index < -0.39 is 0 Å². The first kappa shape index (κ1) is 8.54. The zero-order valence-electron chi connectivity index (χ0n) is 6.41. The lowest BCUT2D eigenvalue weighted by Gasteiger charge is -2.08. The second-order valence-electron chi connectivity index (χ2n) is 2.98. The summed E-state index contributed by atoms with van der Waals surface area (Å²) in [5.41, 5.74) is 0. The molecule has 1 N–H and O–H groups in total. The topological polar surface area (TPSA) is 12.0 Å². The summed E-state index contributed by atoms with van der Waals surface area (Å²) in [6.45, 7) is 1.19. The zero-order valence-corrected chi connectivity index (χ0v) is 7.99. The van der Waals surface area contributed by atoms with Gasteiger partial charge in [0, 0.05) is 0 Å². The van der Waals surface area contributed by atoms with Gasteiger partial charge in [-0.1, -0.05) is 41.6 Å². The third-order valence-electron chi connectivity index (χ3n) is 2.00. The van der Waals surface area contributed by atoms with Gasteiger partial charge in [0.05, 0.1) is 4.95 Å². The van der Waals surface area contributed by atoms with Crippen molar-refractivity contribution in [2.75, 3.05) is 6.54 Å². The molecule has 2 heteroatoms. The van der Waals surface area contributed by atoms with Gasteiger partial charge in [-0.2, -0.15) is 0 Å². The van der Waals surface area contributed by atoms with Crippen molar-refractivity contribution < 1.29 is 0 Å². The van der Waals surface area contributed by atoms with E-state index in [0.717, 1.165) is 0 Å². The Morgan fingerprint density at radius 1 is 1.00 bits per heavy atom. The second-order valence-corrected chi connectivity index (χ2v) is 4.08. The van der Waals surface area contributed by atoms with Gasteiger partial charge < -0.3 is 5.32 Å². The lowest BCUT2D eigenvalue weighted by molar-refractivity contribution is 0.604. The van der Waals surface area contributed by atoms with Gasteiger partial charge >= 0.3 is 0 Å². The van der Waals surface area contributed by atoms with E-state index in [1.54, 1.807) is 0 Å². The smallest absolute Gasteiger partial charge is 0.0630 e. The van der Waals surface area contributed by atoms with E-state index in [1.165, 1.54) is 45.1 Å². The van der Waals surface area contributed by atoms with Gasteiger partial charge in [-0.05, 0) is 19.4 Å². The van der Waals surface area contributed by atoms with Crippen LogP contribution in [0.5, 0.6) is 0 Å². The molecule has 1 fully saturated rings. The fraction of sp³-hybridized carbons (Fsp3) is 1.00. The highest BCUT2D eigenvalue weighted by Gasteiger charge is 2.04. The van der Waals surface area contributed by atoms with Crippen molar-refractivity contribution in [3.05, 3.63) is 0 Å². The van der Waals surface area contributed by atoms with Gasteiger partial charge in [0.1, 0.15) is 0 Å². The maximum Gasteiger partial charge on any atom is 0.0630 e. The van der Waals surface area contributed by atoms with Crippen LogP contribution in [0.4, 0.5) is 0 Å². The van der Waals surface area contributed by atoms with E-state index in [1.807, 2.05) is 0 Å². The average Bonchev–Trinajstić information content (AvgIpc) is 2.02. The Kier molecular flexibility index (Phi) is 4.39. The van der Waals surface area contributed by atoms with Gasteiger partial charge in [-0.15, -0.1) is 0 Å². The maximum atomic E-state index is 3.60. The van der Waals surface area contributed by atoms with E-state index in [9.17, 15) is 0 Å². The van der Waals surface area contributed by atoms with Crippen molar-refractivity contribution in [1.29, 1.82) is 0 Å². The number of hydrogen-bond donors (Lipinski definition) is 1. The molecule has 1 saturated heterocycles. The maximum absolute atomic E-state index is 3.60. The lowest BCUT2D eigenvalue weighted by atomic mass is 10.1. The Labute approximate surface area is 71.7 Å². The molecule has 0 amide bonds. The monoisotopic (exact) mass is 205 g/mol. The molecule has 1 rings (SSSR count). The minimum Gasteiger partial charge on any atom is -0.305 e. The number of hydrogen-bond acceptors (Lipinski definition) is 1. The third-order valence-corrected chi connectivity index (χ3v) is 2.78. The molecule has 0 bridgehead atoms. The van der Waals surface area contributed by atoms with Crippen LogP contribution in [-0.2, 0) is 0 Å². The van der Waals surface area contributed by atoms with Crippen LogP contribution in [0.1, 0.15) is 38.5 Å². The number of alkyl halides is 1. The van der Waals surface area contributed by atoms with Crippen LogP contribution >= 0.6 is 15.9 Å². The normalized spacial score (nSPS) is 30.3. The quantitative estimate of drug-likeness (QED) is 0.474. The molecule has 0 aromatic heterocycles. The molecular weight excluding hydrogens is 190 g/mol. The van der Waals surface area contributed by atoms with Crippen LogP contribution < -0.4 is 5.32 Å². The summed E-state index contributed by atoms with van der Waals surface area (Å²) in [4.78, 5) is 0.575. The zero-order chi connectivity index (χ0) is 7.23. The summed E-state index contributed by atoms with van der Waals surface area (Å²) in [6, 6.07) is 0. The van der Waals surface area contributed by atoms with Gasteiger partial charge in [-0.25, -0.2) is 0 Å². The van der Waals surface area contributed by atoms with Crippen molar-refractivity contribution in [1.82, 2.24) is 5.32 Å². The van der Waals surface area contributed by atoms with E-state index in [4.69, 9.17) is 0 Å². The highest BCUT2D eigenvalue weighted by Crippen LogP contribution is 2.12. The Bertz CT molecular complexity index is 75.3. The Hall–Kier alpha value is 0.440. The largest absolute Gasteiger partial charge is 0.305 e. The van der Waals surface area contributed by atoms with Crippen LogP contribution in [0.15, 0.2) is 0 Å².